The monoisotopic (exact) mass is 500 g/mol. The van der Waals surface area contributed by atoms with Crippen LogP contribution in [0.25, 0.3) is 0 Å². The first kappa shape index (κ1) is 23.4. The van der Waals surface area contributed by atoms with Gasteiger partial charge in [-0.1, -0.05) is 38.1 Å². The molecule has 2 saturated heterocycles. The number of nitrogens with zero attached hydrogens (tertiary/aromatic N) is 3. The summed E-state index contributed by atoms with van der Waals surface area (Å²) < 4.78 is 5.66. The van der Waals surface area contributed by atoms with Gasteiger partial charge < -0.3 is 15.0 Å². The highest BCUT2D eigenvalue weighted by atomic mass is 127. The van der Waals surface area contributed by atoms with Crippen molar-refractivity contribution in [2.24, 2.45) is 10.4 Å². The average molecular weight is 500 g/mol. The van der Waals surface area contributed by atoms with Crippen LogP contribution in [0.4, 0.5) is 0 Å². The molecule has 1 N–H and O–H groups in total. The fraction of sp³-hybridized carbons (Fsp3) is 0.682. The molecule has 28 heavy (non-hydrogen) atoms. The highest BCUT2D eigenvalue weighted by Crippen LogP contribution is 2.38. The fourth-order valence-corrected chi connectivity index (χ4v) is 4.13. The fourth-order valence-electron chi connectivity index (χ4n) is 4.13. The predicted molar refractivity (Wildman–Crippen MR) is 127 cm³/mol. The molecule has 0 aliphatic carbocycles. The molecular formula is C22H37IN4O. The van der Waals surface area contributed by atoms with Gasteiger partial charge in [0.15, 0.2) is 5.96 Å². The first-order valence-corrected chi connectivity index (χ1v) is 10.6. The van der Waals surface area contributed by atoms with Gasteiger partial charge in [-0.2, -0.15) is 0 Å². The Morgan fingerprint density at radius 2 is 1.86 bits per heavy atom. The third kappa shape index (κ3) is 6.07. The van der Waals surface area contributed by atoms with Crippen LogP contribution in [0.2, 0.25) is 0 Å². The van der Waals surface area contributed by atoms with Crippen molar-refractivity contribution in [3.05, 3.63) is 35.4 Å². The molecule has 1 atom stereocenters. The average Bonchev–Trinajstić information content (AvgIpc) is 3.34. The summed E-state index contributed by atoms with van der Waals surface area (Å²) >= 11 is 0. The van der Waals surface area contributed by atoms with Gasteiger partial charge in [0.2, 0.25) is 0 Å². The van der Waals surface area contributed by atoms with Crippen LogP contribution in [-0.2, 0) is 17.8 Å². The summed E-state index contributed by atoms with van der Waals surface area (Å²) in [6, 6.07) is 8.94. The second kappa shape index (κ2) is 11.4. The van der Waals surface area contributed by atoms with Crippen molar-refractivity contribution in [3.8, 4) is 0 Å². The van der Waals surface area contributed by atoms with Crippen molar-refractivity contribution in [2.75, 3.05) is 45.9 Å². The molecule has 0 amide bonds. The van der Waals surface area contributed by atoms with Crippen LogP contribution < -0.4 is 5.32 Å². The molecule has 3 rings (SSSR count). The Labute approximate surface area is 187 Å². The predicted octanol–water partition coefficient (Wildman–Crippen LogP) is 3.72. The zero-order valence-corrected chi connectivity index (χ0v) is 20.1. The summed E-state index contributed by atoms with van der Waals surface area (Å²) in [6.07, 6.45) is 2.41. The SMILES string of the molecule is CCNC(=NCc1ccc(CN(CC)CC)cc1)N1CCC2(CCOC2)C1.I. The molecule has 2 aliphatic heterocycles. The maximum absolute atomic E-state index is 5.66. The maximum atomic E-state index is 5.66. The number of benzene rings is 1. The molecule has 1 aromatic rings. The summed E-state index contributed by atoms with van der Waals surface area (Å²) in [6.45, 7) is 15.4. The molecular weight excluding hydrogens is 463 g/mol. The van der Waals surface area contributed by atoms with Crippen molar-refractivity contribution in [3.63, 3.8) is 0 Å². The molecule has 1 unspecified atom stereocenters. The standard InChI is InChI=1S/C22H36N4O.HI/c1-4-23-21(26-13-11-22(17-26)12-14-27-18-22)24-15-19-7-9-20(10-8-19)16-25(5-2)6-3;/h7-10H,4-6,11-18H2,1-3H3,(H,23,24);1H. The molecule has 0 bridgehead atoms. The lowest BCUT2D eigenvalue weighted by atomic mass is 9.87. The molecule has 0 radical (unpaired) electrons. The van der Waals surface area contributed by atoms with Crippen molar-refractivity contribution in [2.45, 2.75) is 46.7 Å². The normalized spacial score (nSPS) is 22.1. The minimum atomic E-state index is 0. The smallest absolute Gasteiger partial charge is 0.194 e. The number of nitrogens with one attached hydrogen (secondary N) is 1. The molecule has 2 heterocycles. The summed E-state index contributed by atoms with van der Waals surface area (Å²) in [7, 11) is 0. The van der Waals surface area contributed by atoms with Crippen molar-refractivity contribution in [1.82, 2.24) is 15.1 Å². The summed E-state index contributed by atoms with van der Waals surface area (Å²) in [5, 5.41) is 3.48. The van der Waals surface area contributed by atoms with Gasteiger partial charge in [0, 0.05) is 38.2 Å². The Kier molecular flexibility index (Phi) is 9.50. The Bertz CT molecular complexity index is 609. The lowest BCUT2D eigenvalue weighted by Crippen LogP contribution is -2.41. The first-order valence-electron chi connectivity index (χ1n) is 10.6. The van der Waals surface area contributed by atoms with E-state index >= 15 is 0 Å². The second-order valence-electron chi connectivity index (χ2n) is 7.92. The van der Waals surface area contributed by atoms with Crippen molar-refractivity contribution in [1.29, 1.82) is 0 Å². The van der Waals surface area contributed by atoms with E-state index in [1.54, 1.807) is 0 Å². The molecule has 0 aromatic heterocycles. The number of ether oxygens (including phenoxy) is 1. The highest BCUT2D eigenvalue weighted by Gasteiger charge is 2.42. The Hall–Kier alpha value is -0.860. The van der Waals surface area contributed by atoms with Crippen molar-refractivity contribution >= 4 is 29.9 Å². The van der Waals surface area contributed by atoms with E-state index < -0.39 is 0 Å². The summed E-state index contributed by atoms with van der Waals surface area (Å²) in [5.74, 6) is 1.05. The molecule has 2 aliphatic rings. The van der Waals surface area contributed by atoms with E-state index in [4.69, 9.17) is 9.73 Å². The van der Waals surface area contributed by atoms with Crippen LogP contribution >= 0.6 is 24.0 Å². The van der Waals surface area contributed by atoms with Crippen LogP contribution in [0.3, 0.4) is 0 Å². The highest BCUT2D eigenvalue weighted by molar-refractivity contribution is 14.0. The van der Waals surface area contributed by atoms with E-state index in [9.17, 15) is 0 Å². The van der Waals surface area contributed by atoms with Crippen LogP contribution in [0.15, 0.2) is 29.3 Å². The van der Waals surface area contributed by atoms with Gasteiger partial charge in [-0.25, -0.2) is 4.99 Å². The molecule has 5 nitrogen and oxygen atoms in total. The molecule has 0 saturated carbocycles. The van der Waals surface area contributed by atoms with Gasteiger partial charge in [0.1, 0.15) is 0 Å². The Morgan fingerprint density at radius 1 is 1.14 bits per heavy atom. The largest absolute Gasteiger partial charge is 0.381 e. The Morgan fingerprint density at radius 3 is 2.46 bits per heavy atom. The Balaban J connectivity index is 0.00000280. The number of likely N-dealkylation sites (tertiary alicyclic amines) is 1. The van der Waals surface area contributed by atoms with E-state index in [1.807, 2.05) is 0 Å². The lowest BCUT2D eigenvalue weighted by molar-refractivity contribution is 0.156. The van der Waals surface area contributed by atoms with E-state index in [1.165, 1.54) is 24.0 Å². The van der Waals surface area contributed by atoms with Gasteiger partial charge in [-0.3, -0.25) is 4.90 Å². The van der Waals surface area contributed by atoms with Crippen LogP contribution in [0, 0.1) is 5.41 Å². The van der Waals surface area contributed by atoms with E-state index in [0.717, 1.165) is 65.0 Å². The van der Waals surface area contributed by atoms with Crippen LogP contribution in [0.1, 0.15) is 44.7 Å². The number of hydrogen-bond acceptors (Lipinski definition) is 3. The number of halogens is 1. The maximum Gasteiger partial charge on any atom is 0.194 e. The number of aliphatic imine (C=N–C) groups is 1. The lowest BCUT2D eigenvalue weighted by Gasteiger charge is -2.25. The quantitative estimate of drug-likeness (QED) is 0.352. The molecule has 6 heteroatoms. The van der Waals surface area contributed by atoms with Crippen molar-refractivity contribution < 1.29 is 4.74 Å². The number of rotatable bonds is 7. The molecule has 158 valence electrons. The third-order valence-corrected chi connectivity index (χ3v) is 5.99. The van der Waals surface area contributed by atoms with Gasteiger partial charge in [-0.15, -0.1) is 24.0 Å². The number of guanidine groups is 1. The van der Waals surface area contributed by atoms with Crippen LogP contribution in [-0.4, -0.2) is 61.7 Å². The summed E-state index contributed by atoms with van der Waals surface area (Å²) in [5.41, 5.74) is 3.01. The minimum absolute atomic E-state index is 0. The van der Waals surface area contributed by atoms with Gasteiger partial charge in [0.05, 0.1) is 13.2 Å². The zero-order valence-electron chi connectivity index (χ0n) is 17.7. The first-order chi connectivity index (χ1) is 13.2. The zero-order chi connectivity index (χ0) is 19.1. The van der Waals surface area contributed by atoms with Gasteiger partial charge in [-0.05, 0) is 44.0 Å². The van der Waals surface area contributed by atoms with Gasteiger partial charge in [0.25, 0.3) is 0 Å². The molecule has 1 spiro atoms. The number of hydrogen-bond donors (Lipinski definition) is 1. The molecule has 1 aromatic carbocycles. The van der Waals surface area contributed by atoms with E-state index in [-0.39, 0.29) is 24.0 Å². The van der Waals surface area contributed by atoms with Gasteiger partial charge >= 0.3 is 0 Å². The minimum Gasteiger partial charge on any atom is -0.381 e. The second-order valence-corrected chi connectivity index (χ2v) is 7.92. The van der Waals surface area contributed by atoms with E-state index in [2.05, 4.69) is 60.2 Å². The third-order valence-electron chi connectivity index (χ3n) is 5.99. The molecule has 2 fully saturated rings. The van der Waals surface area contributed by atoms with E-state index in [0.29, 0.717) is 5.41 Å². The summed E-state index contributed by atoms with van der Waals surface area (Å²) in [4.78, 5) is 9.78. The van der Waals surface area contributed by atoms with Crippen LogP contribution in [0.5, 0.6) is 0 Å². The topological polar surface area (TPSA) is 40.1 Å².